The summed E-state index contributed by atoms with van der Waals surface area (Å²) in [7, 11) is 0. The van der Waals surface area contributed by atoms with E-state index in [2.05, 4.69) is 16.9 Å². The molecule has 2 atom stereocenters. The number of aromatic nitrogens is 2. The molecule has 0 saturated carbocycles. The summed E-state index contributed by atoms with van der Waals surface area (Å²) in [5, 5.41) is 14.9. The number of hydrogen-bond acceptors (Lipinski definition) is 7. The van der Waals surface area contributed by atoms with Gasteiger partial charge in [-0.3, -0.25) is 4.99 Å². The minimum absolute atomic E-state index is 0.229. The van der Waals surface area contributed by atoms with Gasteiger partial charge in [-0.15, -0.1) is 0 Å². The van der Waals surface area contributed by atoms with Crippen LogP contribution in [0.25, 0.3) is 11.1 Å². The first-order valence-electron chi connectivity index (χ1n) is 10.6. The smallest absolute Gasteiger partial charge is 0.475 e. The topological polar surface area (TPSA) is 139 Å². The van der Waals surface area contributed by atoms with Crippen LogP contribution in [0.4, 0.5) is 30.7 Å². The Bertz CT molecular complexity index is 1170. The first-order valence-corrected chi connectivity index (χ1v) is 11.6. The second kappa shape index (κ2) is 12.0. The van der Waals surface area contributed by atoms with Gasteiger partial charge in [0, 0.05) is 29.3 Å². The average molecular weight is 570 g/mol. The third-order valence-electron chi connectivity index (χ3n) is 5.66. The lowest BCUT2D eigenvalue weighted by molar-refractivity contribution is -0.193. The minimum atomic E-state index is -5.08. The summed E-state index contributed by atoms with van der Waals surface area (Å²) in [6, 6.07) is 3.60. The van der Waals surface area contributed by atoms with Crippen molar-refractivity contribution in [3.63, 3.8) is 0 Å². The number of benzene rings is 1. The SMILES string of the molecule is C[C@]12N=C(N)SC[C@H]1CCCc1cc(F)c(-c3cncnc3)cc12.O=C(O)C(F)(F)F.O=C(O)C(F)(F)F. The number of carboxylic acids is 2. The molecule has 4 rings (SSSR count). The number of aliphatic imine (C=N–C) groups is 1. The first-order chi connectivity index (χ1) is 17.5. The van der Waals surface area contributed by atoms with Gasteiger partial charge in [-0.2, -0.15) is 26.3 Å². The first kappa shape index (κ1) is 30.8. The molecule has 1 aromatic carbocycles. The Balaban J connectivity index is 0.000000301. The summed E-state index contributed by atoms with van der Waals surface area (Å²) >= 11 is 1.62. The van der Waals surface area contributed by atoms with E-state index in [-0.39, 0.29) is 11.4 Å². The van der Waals surface area contributed by atoms with Crippen molar-refractivity contribution in [1.29, 1.82) is 0 Å². The molecule has 0 fully saturated rings. The maximum atomic E-state index is 14.7. The number of rotatable bonds is 1. The fourth-order valence-corrected chi connectivity index (χ4v) is 4.95. The number of aliphatic carboxylic acids is 2. The van der Waals surface area contributed by atoms with Gasteiger partial charge < -0.3 is 15.9 Å². The van der Waals surface area contributed by atoms with Crippen molar-refractivity contribution in [2.75, 3.05) is 5.75 Å². The van der Waals surface area contributed by atoms with E-state index in [0.29, 0.717) is 22.2 Å². The van der Waals surface area contributed by atoms with Crippen LogP contribution < -0.4 is 5.73 Å². The Kier molecular flexibility index (Phi) is 9.69. The Morgan fingerprint density at radius 2 is 1.58 bits per heavy atom. The third kappa shape index (κ3) is 7.79. The molecule has 2 heterocycles. The number of carbonyl (C=O) groups is 2. The molecule has 1 aromatic heterocycles. The molecular formula is C22H21F7N4O4S. The number of aryl methyl sites for hydroxylation is 1. The number of fused-ring (bicyclic) bond motifs is 3. The van der Waals surface area contributed by atoms with E-state index in [1.807, 2.05) is 6.07 Å². The van der Waals surface area contributed by atoms with Gasteiger partial charge in [0.2, 0.25) is 0 Å². The third-order valence-corrected chi connectivity index (χ3v) is 6.62. The number of alkyl halides is 6. The van der Waals surface area contributed by atoms with Crippen molar-refractivity contribution in [1.82, 2.24) is 9.97 Å². The predicted octanol–water partition coefficient (Wildman–Crippen LogP) is 4.78. The van der Waals surface area contributed by atoms with Gasteiger partial charge in [0.05, 0.1) is 5.54 Å². The summed E-state index contributed by atoms with van der Waals surface area (Å²) in [6.45, 7) is 2.14. The highest BCUT2D eigenvalue weighted by Gasteiger charge is 2.42. The number of carboxylic acid groups (broad SMARTS) is 2. The van der Waals surface area contributed by atoms with Crippen molar-refractivity contribution in [2.45, 2.75) is 44.1 Å². The zero-order valence-corrected chi connectivity index (χ0v) is 20.3. The van der Waals surface area contributed by atoms with Crippen LogP contribution in [0.15, 0.2) is 35.8 Å². The summed E-state index contributed by atoms with van der Waals surface area (Å²) in [5.74, 6) is -4.36. The zero-order valence-electron chi connectivity index (χ0n) is 19.5. The molecule has 1 aliphatic heterocycles. The minimum Gasteiger partial charge on any atom is -0.475 e. The number of nitrogens with zero attached hydrogens (tertiary/aromatic N) is 3. The highest BCUT2D eigenvalue weighted by molar-refractivity contribution is 8.13. The van der Waals surface area contributed by atoms with Crippen molar-refractivity contribution in [3.8, 4) is 11.1 Å². The van der Waals surface area contributed by atoms with E-state index in [1.54, 1.807) is 30.2 Å². The van der Waals surface area contributed by atoms with Crippen LogP contribution in [-0.2, 0) is 21.5 Å². The van der Waals surface area contributed by atoms with Gasteiger partial charge in [0.25, 0.3) is 0 Å². The molecule has 0 unspecified atom stereocenters. The van der Waals surface area contributed by atoms with Crippen molar-refractivity contribution in [2.24, 2.45) is 16.6 Å². The monoisotopic (exact) mass is 570 g/mol. The molecular weight excluding hydrogens is 549 g/mol. The van der Waals surface area contributed by atoms with Crippen molar-refractivity contribution < 1.29 is 50.5 Å². The maximum absolute atomic E-state index is 14.7. The van der Waals surface area contributed by atoms with E-state index in [9.17, 15) is 30.7 Å². The number of nitrogens with two attached hydrogens (primary N) is 1. The molecule has 1 aliphatic carbocycles. The van der Waals surface area contributed by atoms with Crippen LogP contribution in [-0.4, -0.2) is 55.4 Å². The Morgan fingerprint density at radius 3 is 2.08 bits per heavy atom. The number of halogens is 7. The molecule has 16 heteroatoms. The van der Waals surface area contributed by atoms with Crippen molar-refractivity contribution >= 4 is 28.9 Å². The van der Waals surface area contributed by atoms with Gasteiger partial charge >= 0.3 is 24.3 Å². The Labute approximate surface area is 215 Å². The molecule has 38 heavy (non-hydrogen) atoms. The van der Waals surface area contributed by atoms with E-state index in [4.69, 9.17) is 30.5 Å². The van der Waals surface area contributed by atoms with Crippen LogP contribution >= 0.6 is 11.8 Å². The van der Waals surface area contributed by atoms with Gasteiger partial charge in [0.15, 0.2) is 5.17 Å². The molecule has 0 amide bonds. The van der Waals surface area contributed by atoms with E-state index in [0.717, 1.165) is 36.1 Å². The normalized spacial score (nSPS) is 20.6. The zero-order chi connectivity index (χ0) is 28.9. The van der Waals surface area contributed by atoms with Crippen LogP contribution in [0.3, 0.4) is 0 Å². The number of hydrogen-bond donors (Lipinski definition) is 3. The second-order valence-corrected chi connectivity index (χ2v) is 9.26. The molecule has 2 aromatic rings. The van der Waals surface area contributed by atoms with E-state index in [1.165, 1.54) is 6.33 Å². The summed E-state index contributed by atoms with van der Waals surface area (Å²) in [4.78, 5) is 30.6. The lowest BCUT2D eigenvalue weighted by atomic mass is 9.78. The molecule has 2 aliphatic rings. The van der Waals surface area contributed by atoms with Crippen LogP contribution in [0, 0.1) is 11.7 Å². The van der Waals surface area contributed by atoms with Gasteiger partial charge in [-0.05, 0) is 55.4 Å². The fourth-order valence-electron chi connectivity index (χ4n) is 3.84. The van der Waals surface area contributed by atoms with Crippen LogP contribution in [0.5, 0.6) is 0 Å². The quantitative estimate of drug-likeness (QED) is 0.417. The molecule has 4 N–H and O–H groups in total. The highest BCUT2D eigenvalue weighted by Crippen LogP contribution is 2.47. The van der Waals surface area contributed by atoms with Crippen molar-refractivity contribution in [3.05, 3.63) is 47.8 Å². The summed E-state index contributed by atoms with van der Waals surface area (Å²) in [6.07, 6.45) is -2.42. The van der Waals surface area contributed by atoms with Gasteiger partial charge in [0.1, 0.15) is 12.1 Å². The molecule has 0 bridgehead atoms. The molecule has 208 valence electrons. The molecule has 0 radical (unpaired) electrons. The average Bonchev–Trinajstić information content (AvgIpc) is 2.93. The van der Waals surface area contributed by atoms with Gasteiger partial charge in [-0.25, -0.2) is 23.9 Å². The van der Waals surface area contributed by atoms with Crippen LogP contribution in [0.1, 0.15) is 30.9 Å². The lowest BCUT2D eigenvalue weighted by Gasteiger charge is -2.38. The lowest BCUT2D eigenvalue weighted by Crippen LogP contribution is -2.37. The number of thioether (sulfide) groups is 1. The molecule has 0 spiro atoms. The largest absolute Gasteiger partial charge is 0.490 e. The predicted molar refractivity (Wildman–Crippen MR) is 123 cm³/mol. The highest BCUT2D eigenvalue weighted by atomic mass is 32.2. The standard InChI is InChI=1S/C18H19FN4S.2C2HF3O2/c1-18-13(9-24-17(20)23-18)4-2-3-11-5-16(19)14(6-15(11)18)12-7-21-10-22-8-12;2*3-2(4,5)1(6)7/h5-8,10,13H,2-4,9H2,1H3,(H2,20,23);2*(H,6,7)/t13-,18+;;/m1../s1. The van der Waals surface area contributed by atoms with E-state index < -0.39 is 24.3 Å². The molecule has 0 saturated heterocycles. The Morgan fingerprint density at radius 1 is 1.05 bits per heavy atom. The van der Waals surface area contributed by atoms with Gasteiger partial charge in [-0.1, -0.05) is 11.8 Å². The van der Waals surface area contributed by atoms with E-state index >= 15 is 0 Å². The second-order valence-electron chi connectivity index (χ2n) is 8.22. The number of amidine groups is 1. The summed E-state index contributed by atoms with van der Waals surface area (Å²) in [5.41, 5.74) is 8.99. The van der Waals surface area contributed by atoms with Crippen LogP contribution in [0.2, 0.25) is 0 Å². The Hall–Kier alpha value is -3.43. The summed E-state index contributed by atoms with van der Waals surface area (Å²) < 4.78 is 78.2. The molecule has 8 nitrogen and oxygen atoms in total. The maximum Gasteiger partial charge on any atom is 0.490 e. The fraction of sp³-hybridized carbons (Fsp3) is 0.409.